The second kappa shape index (κ2) is 6.86. The van der Waals surface area contributed by atoms with Crippen molar-refractivity contribution in [2.75, 3.05) is 25.0 Å². The molecule has 8 heteroatoms. The summed E-state index contributed by atoms with van der Waals surface area (Å²) in [5, 5.41) is 16.5. The van der Waals surface area contributed by atoms with Gasteiger partial charge in [-0.25, -0.2) is 0 Å². The Kier molecular flexibility index (Phi) is 4.64. The molecule has 1 heterocycles. The van der Waals surface area contributed by atoms with Crippen molar-refractivity contribution in [3.63, 3.8) is 0 Å². The molecule has 0 spiro atoms. The summed E-state index contributed by atoms with van der Waals surface area (Å²) in [6, 6.07) is 6.47. The summed E-state index contributed by atoms with van der Waals surface area (Å²) >= 11 is 0. The minimum atomic E-state index is -0.447. The molecule has 8 nitrogen and oxygen atoms in total. The number of non-ortho nitro benzene ring substituents is 1. The minimum Gasteiger partial charge on any atom is -0.383 e. The van der Waals surface area contributed by atoms with Crippen LogP contribution in [0.5, 0.6) is 0 Å². The van der Waals surface area contributed by atoms with Crippen LogP contribution in [0, 0.1) is 16.0 Å². The Hall–Kier alpha value is -2.64. The fraction of sp³-hybridized carbons (Fsp3) is 0.500. The fourth-order valence-electron chi connectivity index (χ4n) is 2.88. The first-order valence-electron chi connectivity index (χ1n) is 8.10. The van der Waals surface area contributed by atoms with Crippen molar-refractivity contribution in [3.8, 4) is 0 Å². The number of benzene rings is 1. The first-order chi connectivity index (χ1) is 11.5. The van der Waals surface area contributed by atoms with E-state index in [9.17, 15) is 19.7 Å². The number of nitro groups is 1. The van der Waals surface area contributed by atoms with Gasteiger partial charge in [-0.2, -0.15) is 0 Å². The minimum absolute atomic E-state index is 0.0416. The average molecular weight is 332 g/mol. The summed E-state index contributed by atoms with van der Waals surface area (Å²) in [5.41, 5.74) is 0.797. The van der Waals surface area contributed by atoms with E-state index in [0.717, 1.165) is 18.5 Å². The Labute approximate surface area is 139 Å². The van der Waals surface area contributed by atoms with Crippen molar-refractivity contribution in [1.82, 2.24) is 10.2 Å². The van der Waals surface area contributed by atoms with E-state index in [0.29, 0.717) is 32.1 Å². The molecule has 0 radical (unpaired) electrons. The van der Waals surface area contributed by atoms with Gasteiger partial charge in [-0.1, -0.05) is 0 Å². The number of likely N-dealkylation sites (tertiary alicyclic amines) is 1. The van der Waals surface area contributed by atoms with Crippen LogP contribution in [-0.4, -0.2) is 47.3 Å². The van der Waals surface area contributed by atoms with Crippen molar-refractivity contribution in [2.24, 2.45) is 5.92 Å². The van der Waals surface area contributed by atoms with Gasteiger partial charge in [0.1, 0.15) is 0 Å². The zero-order chi connectivity index (χ0) is 17.1. The first-order valence-corrected chi connectivity index (χ1v) is 8.10. The first kappa shape index (κ1) is 16.2. The zero-order valence-corrected chi connectivity index (χ0v) is 13.2. The van der Waals surface area contributed by atoms with Crippen molar-refractivity contribution in [1.29, 1.82) is 0 Å². The molecule has 1 saturated carbocycles. The maximum absolute atomic E-state index is 12.1. The molecule has 0 aromatic heterocycles. The number of nitrogens with one attached hydrogen (secondary N) is 2. The highest BCUT2D eigenvalue weighted by atomic mass is 16.6. The van der Waals surface area contributed by atoms with Gasteiger partial charge in [0.15, 0.2) is 0 Å². The number of hydrogen-bond acceptors (Lipinski definition) is 5. The summed E-state index contributed by atoms with van der Waals surface area (Å²) in [6.07, 6.45) is 2.41. The normalized spacial score (nSPS) is 20.1. The van der Waals surface area contributed by atoms with E-state index in [2.05, 4.69) is 10.6 Å². The lowest BCUT2D eigenvalue weighted by atomic mass is 10.1. The number of carbonyl (C=O) groups excluding carboxylic acids is 2. The van der Waals surface area contributed by atoms with Crippen LogP contribution in [0.3, 0.4) is 0 Å². The van der Waals surface area contributed by atoms with Gasteiger partial charge in [0.2, 0.25) is 11.8 Å². The number of rotatable bonds is 7. The molecule has 1 atom stereocenters. The molecule has 1 aliphatic carbocycles. The second-order valence-electron chi connectivity index (χ2n) is 6.20. The van der Waals surface area contributed by atoms with E-state index in [1.165, 1.54) is 12.1 Å². The van der Waals surface area contributed by atoms with Crippen LogP contribution in [0.15, 0.2) is 24.3 Å². The van der Waals surface area contributed by atoms with Crippen LogP contribution in [0.2, 0.25) is 0 Å². The summed E-state index contributed by atoms with van der Waals surface area (Å²) in [5.74, 6) is -0.254. The smallest absolute Gasteiger partial charge is 0.269 e. The number of anilines is 1. The van der Waals surface area contributed by atoms with Crippen LogP contribution in [0.4, 0.5) is 11.4 Å². The Morgan fingerprint density at radius 1 is 1.25 bits per heavy atom. The van der Waals surface area contributed by atoms with Gasteiger partial charge in [0.25, 0.3) is 5.69 Å². The number of nitrogens with zero attached hydrogens (tertiary/aromatic N) is 2. The van der Waals surface area contributed by atoms with E-state index in [1.807, 2.05) is 4.90 Å². The summed E-state index contributed by atoms with van der Waals surface area (Å²) in [7, 11) is 0. The van der Waals surface area contributed by atoms with Gasteiger partial charge >= 0.3 is 0 Å². The van der Waals surface area contributed by atoms with Gasteiger partial charge < -0.3 is 15.5 Å². The highest BCUT2D eigenvalue weighted by Gasteiger charge is 2.41. The molecular formula is C16H20N4O4. The van der Waals surface area contributed by atoms with Crippen molar-refractivity contribution < 1.29 is 14.5 Å². The number of hydrogen-bond donors (Lipinski definition) is 2. The molecule has 0 unspecified atom stereocenters. The highest BCUT2D eigenvalue weighted by molar-refractivity contribution is 5.89. The Morgan fingerprint density at radius 2 is 1.96 bits per heavy atom. The molecule has 3 rings (SSSR count). The lowest BCUT2D eigenvalue weighted by Crippen LogP contribution is -2.35. The van der Waals surface area contributed by atoms with Crippen LogP contribution >= 0.6 is 0 Å². The van der Waals surface area contributed by atoms with Crippen LogP contribution in [0.25, 0.3) is 0 Å². The number of carbonyl (C=O) groups is 2. The van der Waals surface area contributed by atoms with Crippen molar-refractivity contribution in [2.45, 2.75) is 25.3 Å². The Morgan fingerprint density at radius 3 is 2.58 bits per heavy atom. The van der Waals surface area contributed by atoms with Crippen molar-refractivity contribution >= 4 is 23.2 Å². The van der Waals surface area contributed by atoms with Gasteiger partial charge in [0, 0.05) is 49.9 Å². The van der Waals surface area contributed by atoms with Crippen molar-refractivity contribution in [3.05, 3.63) is 34.4 Å². The van der Waals surface area contributed by atoms with Crippen LogP contribution < -0.4 is 10.6 Å². The maximum atomic E-state index is 12.1. The maximum Gasteiger partial charge on any atom is 0.269 e. The zero-order valence-electron chi connectivity index (χ0n) is 13.2. The predicted octanol–water partition coefficient (Wildman–Crippen LogP) is 1.13. The molecule has 2 aliphatic rings. The molecule has 2 amide bonds. The lowest BCUT2D eigenvalue weighted by Gasteiger charge is -2.15. The molecular weight excluding hydrogens is 312 g/mol. The summed E-state index contributed by atoms with van der Waals surface area (Å²) < 4.78 is 0. The number of nitro benzene ring substituents is 1. The van der Waals surface area contributed by atoms with Gasteiger partial charge in [-0.15, -0.1) is 0 Å². The molecule has 1 aromatic carbocycles. The summed E-state index contributed by atoms with van der Waals surface area (Å²) in [4.78, 5) is 35.9. The standard InChI is InChI=1S/C16H20N4O4/c21-15-9-11(10-19(15)13-5-6-13)16(22)18-8-7-17-12-1-3-14(4-2-12)20(23)24/h1-4,11,13,17H,5-10H2,(H,18,22)/t11-/m1/s1. The highest BCUT2D eigenvalue weighted by Crippen LogP contribution is 2.32. The van der Waals surface area contributed by atoms with E-state index in [4.69, 9.17) is 0 Å². The molecule has 1 aromatic rings. The quantitative estimate of drug-likeness (QED) is 0.442. The molecule has 1 aliphatic heterocycles. The SMILES string of the molecule is O=C(NCCNc1ccc([N+](=O)[O-])cc1)[C@@H]1CC(=O)N(C2CC2)C1. The average Bonchev–Trinajstić information content (AvgIpc) is 3.34. The van der Waals surface area contributed by atoms with E-state index in [-0.39, 0.29) is 23.4 Å². The number of amides is 2. The Balaban J connectivity index is 1.38. The lowest BCUT2D eigenvalue weighted by molar-refractivity contribution is -0.384. The van der Waals surface area contributed by atoms with Gasteiger partial charge in [-0.05, 0) is 25.0 Å². The third-order valence-electron chi connectivity index (χ3n) is 4.35. The van der Waals surface area contributed by atoms with Crippen LogP contribution in [0.1, 0.15) is 19.3 Å². The van der Waals surface area contributed by atoms with E-state index >= 15 is 0 Å². The summed E-state index contributed by atoms with van der Waals surface area (Å²) in [6.45, 7) is 1.48. The topological polar surface area (TPSA) is 105 Å². The van der Waals surface area contributed by atoms with Crippen LogP contribution in [-0.2, 0) is 9.59 Å². The van der Waals surface area contributed by atoms with Gasteiger partial charge in [-0.3, -0.25) is 19.7 Å². The van der Waals surface area contributed by atoms with E-state index < -0.39 is 4.92 Å². The molecule has 128 valence electrons. The monoisotopic (exact) mass is 332 g/mol. The molecule has 2 N–H and O–H groups in total. The molecule has 2 fully saturated rings. The molecule has 0 bridgehead atoms. The second-order valence-corrected chi connectivity index (χ2v) is 6.20. The molecule has 24 heavy (non-hydrogen) atoms. The fourth-order valence-corrected chi connectivity index (χ4v) is 2.88. The third kappa shape index (κ3) is 3.81. The third-order valence-corrected chi connectivity index (χ3v) is 4.35. The largest absolute Gasteiger partial charge is 0.383 e. The predicted molar refractivity (Wildman–Crippen MR) is 87.4 cm³/mol. The molecule has 1 saturated heterocycles. The Bertz CT molecular complexity index is 642. The van der Waals surface area contributed by atoms with E-state index in [1.54, 1.807) is 12.1 Å². The van der Waals surface area contributed by atoms with Gasteiger partial charge in [0.05, 0.1) is 10.8 Å².